The van der Waals surface area contributed by atoms with Crippen molar-refractivity contribution in [2.45, 2.75) is 57.5 Å². The Morgan fingerprint density at radius 1 is 1.07 bits per heavy atom. The third kappa shape index (κ3) is 4.98. The van der Waals surface area contributed by atoms with E-state index in [1.165, 1.54) is 41.8 Å². The van der Waals surface area contributed by atoms with Gasteiger partial charge in [0.1, 0.15) is 0 Å². The van der Waals surface area contributed by atoms with E-state index in [9.17, 15) is 9.59 Å². The van der Waals surface area contributed by atoms with Crippen LogP contribution >= 0.6 is 0 Å². The van der Waals surface area contributed by atoms with Crippen LogP contribution in [-0.4, -0.2) is 55.9 Å². The number of piperidine rings is 1. The number of carboxylic acids is 1. The quantitative estimate of drug-likeness (QED) is 0.301. The lowest BCUT2D eigenvalue weighted by molar-refractivity contribution is -0.116. The summed E-state index contributed by atoms with van der Waals surface area (Å²) in [6.07, 6.45) is 7.54. The Kier molecular flexibility index (Phi) is 6.33. The van der Waals surface area contributed by atoms with Crippen LogP contribution in [0.3, 0.4) is 0 Å². The first-order valence-electron chi connectivity index (χ1n) is 14.4. The lowest BCUT2D eigenvalue weighted by atomic mass is 9.96. The van der Waals surface area contributed by atoms with Gasteiger partial charge in [0.2, 0.25) is 11.9 Å². The number of carbonyl (C=O) groups is 2. The molecule has 1 saturated carbocycles. The highest BCUT2D eigenvalue weighted by atomic mass is 16.4. The smallest absolute Gasteiger partial charge is 0.338 e. The maximum absolute atomic E-state index is 12.3. The van der Waals surface area contributed by atoms with Crippen molar-refractivity contribution < 1.29 is 14.7 Å². The molecule has 2 aliphatic heterocycles. The van der Waals surface area contributed by atoms with Gasteiger partial charge in [0.25, 0.3) is 0 Å². The molecule has 0 bridgehead atoms. The van der Waals surface area contributed by atoms with Crippen molar-refractivity contribution >= 4 is 40.1 Å². The minimum absolute atomic E-state index is 0.0306. The van der Waals surface area contributed by atoms with Crippen molar-refractivity contribution in [3.63, 3.8) is 0 Å². The first-order valence-corrected chi connectivity index (χ1v) is 14.4. The zero-order valence-electron chi connectivity index (χ0n) is 23.0. The highest BCUT2D eigenvalue weighted by Crippen LogP contribution is 2.44. The molecule has 4 heterocycles. The summed E-state index contributed by atoms with van der Waals surface area (Å²) < 4.78 is 2.21. The van der Waals surface area contributed by atoms with Gasteiger partial charge in [-0.2, -0.15) is 5.10 Å². The van der Waals surface area contributed by atoms with E-state index in [-0.39, 0.29) is 17.5 Å². The summed E-state index contributed by atoms with van der Waals surface area (Å²) in [7, 11) is 0. The van der Waals surface area contributed by atoms with Crippen LogP contribution < -0.4 is 15.5 Å². The number of hydrogen-bond donors (Lipinski definition) is 3. The second-order valence-electron chi connectivity index (χ2n) is 11.6. The molecule has 3 N–H and O–H groups in total. The Labute approximate surface area is 237 Å². The SMILES string of the molecule is C[C@@H]1CC(=O)Nc2cccc(-c3ccc4c(c3)c(C3CC3)nn4CC3CCN(c4ncc(C(=O)O)cn4)CC3)c2N1. The molecule has 1 saturated heterocycles. The van der Waals surface area contributed by atoms with E-state index in [0.717, 1.165) is 55.0 Å². The molecule has 10 heteroatoms. The molecule has 2 fully saturated rings. The third-order valence-corrected chi connectivity index (χ3v) is 8.49. The number of aromatic nitrogens is 4. The molecule has 210 valence electrons. The number of para-hydroxylation sites is 1. The zero-order valence-corrected chi connectivity index (χ0v) is 23.0. The maximum Gasteiger partial charge on any atom is 0.338 e. The number of carbonyl (C=O) groups excluding carboxylic acids is 1. The van der Waals surface area contributed by atoms with E-state index in [4.69, 9.17) is 10.2 Å². The van der Waals surface area contributed by atoms with Crippen molar-refractivity contribution in [3.05, 3.63) is 60.0 Å². The predicted molar refractivity (Wildman–Crippen MR) is 157 cm³/mol. The minimum atomic E-state index is -1.02. The summed E-state index contributed by atoms with van der Waals surface area (Å²) >= 11 is 0. The summed E-state index contributed by atoms with van der Waals surface area (Å²) in [5, 5.41) is 22.1. The number of aromatic carboxylic acids is 1. The monoisotopic (exact) mass is 551 g/mol. The highest BCUT2D eigenvalue weighted by molar-refractivity contribution is 6.01. The molecule has 1 amide bonds. The molecular weight excluding hydrogens is 518 g/mol. The highest BCUT2D eigenvalue weighted by Gasteiger charge is 2.31. The average molecular weight is 552 g/mol. The van der Waals surface area contributed by atoms with Crippen molar-refractivity contribution in [2.24, 2.45) is 5.92 Å². The molecule has 4 aromatic rings. The van der Waals surface area contributed by atoms with E-state index in [2.05, 4.69) is 54.4 Å². The molecule has 3 aliphatic rings. The van der Waals surface area contributed by atoms with Gasteiger partial charge in [-0.25, -0.2) is 14.8 Å². The standard InChI is InChI=1S/C31H33N7O3/c1-18-13-27(39)35-25-4-2-3-23(29(25)34-18)21-7-8-26-24(14-21)28(20-5-6-20)36-38(26)17-19-9-11-37(12-10-19)31-32-15-22(16-33-31)30(40)41/h2-4,7-8,14-16,18-20,34H,5-6,9-13,17H2,1H3,(H,35,39)(H,40,41)/t18-/m1/s1. The second-order valence-corrected chi connectivity index (χ2v) is 11.6. The number of anilines is 3. The maximum atomic E-state index is 12.3. The summed E-state index contributed by atoms with van der Waals surface area (Å²) in [5.74, 6) is 0.607. The average Bonchev–Trinajstić information content (AvgIpc) is 3.77. The number of hydrogen-bond acceptors (Lipinski definition) is 7. The lowest BCUT2D eigenvalue weighted by Gasteiger charge is -2.32. The first kappa shape index (κ1) is 25.5. The molecule has 1 atom stereocenters. The normalized spacial score (nSPS) is 19.4. The molecule has 0 radical (unpaired) electrons. The van der Waals surface area contributed by atoms with Gasteiger partial charge >= 0.3 is 5.97 Å². The number of fused-ring (bicyclic) bond motifs is 2. The molecule has 0 unspecified atom stereocenters. The van der Waals surface area contributed by atoms with Crippen LogP contribution in [0.4, 0.5) is 17.3 Å². The summed E-state index contributed by atoms with van der Waals surface area (Å²) in [6, 6.07) is 12.8. The number of carboxylic acid groups (broad SMARTS) is 1. The van der Waals surface area contributed by atoms with Gasteiger partial charge in [0.05, 0.1) is 28.1 Å². The number of nitrogens with one attached hydrogen (secondary N) is 2. The van der Waals surface area contributed by atoms with Gasteiger partial charge < -0.3 is 20.6 Å². The van der Waals surface area contributed by atoms with Gasteiger partial charge in [-0.15, -0.1) is 0 Å². The minimum Gasteiger partial charge on any atom is -0.478 e. The lowest BCUT2D eigenvalue weighted by Crippen LogP contribution is -2.36. The number of rotatable bonds is 6. The second kappa shape index (κ2) is 10.2. The van der Waals surface area contributed by atoms with E-state index in [1.54, 1.807) is 0 Å². The fourth-order valence-corrected chi connectivity index (χ4v) is 6.15. The van der Waals surface area contributed by atoms with Crippen molar-refractivity contribution in [1.29, 1.82) is 0 Å². The van der Waals surface area contributed by atoms with Crippen molar-refractivity contribution in [3.8, 4) is 11.1 Å². The first-order chi connectivity index (χ1) is 19.9. The van der Waals surface area contributed by atoms with Crippen molar-refractivity contribution in [2.75, 3.05) is 28.6 Å². The van der Waals surface area contributed by atoms with Gasteiger partial charge in [-0.1, -0.05) is 18.2 Å². The molecular formula is C31H33N7O3. The van der Waals surface area contributed by atoms with Gasteiger partial charge in [-0.3, -0.25) is 9.48 Å². The van der Waals surface area contributed by atoms with Crippen LogP contribution in [0.5, 0.6) is 0 Å². The topological polar surface area (TPSA) is 125 Å². The molecule has 10 nitrogen and oxygen atoms in total. The summed E-state index contributed by atoms with van der Waals surface area (Å²) in [5.41, 5.74) is 6.46. The predicted octanol–water partition coefficient (Wildman–Crippen LogP) is 5.13. The van der Waals surface area contributed by atoms with Crippen molar-refractivity contribution in [1.82, 2.24) is 19.7 Å². The number of nitrogens with zero attached hydrogens (tertiary/aromatic N) is 5. The fraction of sp³-hybridized carbons (Fsp3) is 0.387. The van der Waals surface area contributed by atoms with E-state index >= 15 is 0 Å². The third-order valence-electron chi connectivity index (χ3n) is 8.49. The molecule has 7 rings (SSSR count). The van der Waals surface area contributed by atoms with E-state index in [1.807, 2.05) is 19.1 Å². The number of amides is 1. The van der Waals surface area contributed by atoms with Crippen LogP contribution in [0.1, 0.15) is 61.0 Å². The number of benzene rings is 2. The Hall–Kier alpha value is -4.47. The van der Waals surface area contributed by atoms with Crippen LogP contribution in [0.25, 0.3) is 22.0 Å². The summed E-state index contributed by atoms with van der Waals surface area (Å²) in [4.78, 5) is 34.1. The molecule has 2 aromatic carbocycles. The van der Waals surface area contributed by atoms with Gasteiger partial charge in [0, 0.05) is 61.4 Å². The fourth-order valence-electron chi connectivity index (χ4n) is 6.15. The van der Waals surface area contributed by atoms with Crippen LogP contribution in [-0.2, 0) is 11.3 Å². The van der Waals surface area contributed by atoms with E-state index < -0.39 is 5.97 Å². The van der Waals surface area contributed by atoms with Crippen LogP contribution in [0.15, 0.2) is 48.8 Å². The van der Waals surface area contributed by atoms with E-state index in [0.29, 0.717) is 24.2 Å². The van der Waals surface area contributed by atoms with Gasteiger partial charge in [0.15, 0.2) is 0 Å². The zero-order chi connectivity index (χ0) is 28.1. The Bertz CT molecular complexity index is 1640. The Morgan fingerprint density at radius 2 is 1.85 bits per heavy atom. The van der Waals surface area contributed by atoms with Crippen LogP contribution in [0.2, 0.25) is 0 Å². The molecule has 0 spiro atoms. The molecule has 1 aliphatic carbocycles. The summed E-state index contributed by atoms with van der Waals surface area (Å²) in [6.45, 7) is 4.56. The largest absolute Gasteiger partial charge is 0.478 e. The van der Waals surface area contributed by atoms with Crippen LogP contribution in [0, 0.1) is 5.92 Å². The molecule has 2 aromatic heterocycles. The Balaban J connectivity index is 1.13. The van der Waals surface area contributed by atoms with Gasteiger partial charge in [-0.05, 0) is 62.3 Å². The molecule has 41 heavy (non-hydrogen) atoms. The Morgan fingerprint density at radius 3 is 2.59 bits per heavy atom.